The van der Waals surface area contributed by atoms with E-state index in [2.05, 4.69) is 16.2 Å². The van der Waals surface area contributed by atoms with Crippen LogP contribution in [-0.4, -0.2) is 33.8 Å². The summed E-state index contributed by atoms with van der Waals surface area (Å²) in [5, 5.41) is 0. The van der Waals surface area contributed by atoms with Gasteiger partial charge in [0.25, 0.3) is 0 Å². The average Bonchev–Trinajstić information content (AvgIpc) is 2.25. The van der Waals surface area contributed by atoms with E-state index in [4.69, 9.17) is 13.3 Å². The molecule has 0 aliphatic heterocycles. The van der Waals surface area contributed by atoms with Crippen molar-refractivity contribution in [1.82, 2.24) is 0 Å². The van der Waals surface area contributed by atoms with Crippen LogP contribution in [-0.2, 0) is 13.3 Å². The van der Waals surface area contributed by atoms with Crippen LogP contribution < -0.4 is 0 Å². The molecule has 0 aliphatic rings. The standard InChI is InChI=1S/C12H29O3PSi/c1-6-12(16)9-10-17(13-7-2,14-8-3)15-11(4)5/h11-12H,6-10,16H2,1-5H3. The summed E-state index contributed by atoms with van der Waals surface area (Å²) in [7, 11) is 0.434. The van der Waals surface area contributed by atoms with Crippen molar-refractivity contribution < 1.29 is 13.3 Å². The summed E-state index contributed by atoms with van der Waals surface area (Å²) in [6, 6.07) is 0.912. The van der Waals surface area contributed by atoms with Crippen LogP contribution >= 0.6 is 9.24 Å². The van der Waals surface area contributed by atoms with Crippen molar-refractivity contribution in [3.05, 3.63) is 0 Å². The molecule has 0 aromatic rings. The molecule has 0 spiro atoms. The lowest BCUT2D eigenvalue weighted by atomic mass is 10.3. The fourth-order valence-electron chi connectivity index (χ4n) is 1.68. The van der Waals surface area contributed by atoms with Crippen LogP contribution in [0.15, 0.2) is 0 Å². The van der Waals surface area contributed by atoms with E-state index in [9.17, 15) is 0 Å². The van der Waals surface area contributed by atoms with E-state index in [-0.39, 0.29) is 6.10 Å². The zero-order valence-corrected chi connectivity index (χ0v) is 14.1. The topological polar surface area (TPSA) is 27.7 Å². The van der Waals surface area contributed by atoms with Crippen LogP contribution in [0.3, 0.4) is 0 Å². The third-order valence-electron chi connectivity index (χ3n) is 2.49. The molecule has 3 nitrogen and oxygen atoms in total. The second-order valence-electron chi connectivity index (χ2n) is 4.42. The van der Waals surface area contributed by atoms with E-state index in [1.165, 1.54) is 0 Å². The quantitative estimate of drug-likeness (QED) is 0.453. The Balaban J connectivity index is 4.51. The zero-order valence-electron chi connectivity index (χ0n) is 12.0. The van der Waals surface area contributed by atoms with Gasteiger partial charge in [-0.15, -0.1) is 9.24 Å². The third-order valence-corrected chi connectivity index (χ3v) is 6.48. The molecular formula is C12H29O3PSi. The molecule has 0 fully saturated rings. The van der Waals surface area contributed by atoms with Gasteiger partial charge in [-0.3, -0.25) is 0 Å². The maximum absolute atomic E-state index is 6.00. The van der Waals surface area contributed by atoms with Gasteiger partial charge in [-0.05, 0) is 46.2 Å². The van der Waals surface area contributed by atoms with E-state index < -0.39 is 8.80 Å². The number of rotatable bonds is 10. The van der Waals surface area contributed by atoms with Crippen molar-refractivity contribution in [1.29, 1.82) is 0 Å². The second-order valence-corrected chi connectivity index (χ2v) is 8.04. The molecule has 5 heteroatoms. The summed E-state index contributed by atoms with van der Waals surface area (Å²) in [6.45, 7) is 11.6. The van der Waals surface area contributed by atoms with Crippen LogP contribution in [0.25, 0.3) is 0 Å². The second kappa shape index (κ2) is 9.46. The highest BCUT2D eigenvalue weighted by Gasteiger charge is 2.41. The minimum Gasteiger partial charge on any atom is -0.374 e. The van der Waals surface area contributed by atoms with Crippen molar-refractivity contribution in [3.8, 4) is 0 Å². The summed E-state index contributed by atoms with van der Waals surface area (Å²) in [6.07, 6.45) is 2.40. The van der Waals surface area contributed by atoms with Gasteiger partial charge in [-0.2, -0.15) is 0 Å². The molecular weight excluding hydrogens is 251 g/mol. The van der Waals surface area contributed by atoms with Crippen LogP contribution in [0.4, 0.5) is 0 Å². The van der Waals surface area contributed by atoms with Crippen LogP contribution in [0, 0.1) is 0 Å². The first-order valence-electron chi connectivity index (χ1n) is 6.70. The Labute approximate surface area is 110 Å². The molecule has 2 atom stereocenters. The molecule has 0 radical (unpaired) electrons. The highest BCUT2D eigenvalue weighted by Crippen LogP contribution is 2.24. The Morgan fingerprint density at radius 2 is 1.59 bits per heavy atom. The number of hydrogen-bond acceptors (Lipinski definition) is 3. The summed E-state index contributed by atoms with van der Waals surface area (Å²) >= 11 is 0. The average molecular weight is 280 g/mol. The van der Waals surface area contributed by atoms with Gasteiger partial charge in [0.1, 0.15) is 0 Å². The molecule has 0 aliphatic carbocycles. The van der Waals surface area contributed by atoms with Crippen molar-refractivity contribution in [2.24, 2.45) is 0 Å². The zero-order chi connectivity index (χ0) is 13.3. The van der Waals surface area contributed by atoms with Crippen LogP contribution in [0.5, 0.6) is 0 Å². The van der Waals surface area contributed by atoms with Gasteiger partial charge >= 0.3 is 8.80 Å². The molecule has 0 rings (SSSR count). The predicted octanol–water partition coefficient (Wildman–Crippen LogP) is 3.47. The highest BCUT2D eigenvalue weighted by atomic mass is 31.0. The maximum atomic E-state index is 6.00. The smallest absolute Gasteiger partial charge is 0.374 e. The Morgan fingerprint density at radius 3 is 1.94 bits per heavy atom. The van der Waals surface area contributed by atoms with E-state index in [0.717, 1.165) is 18.9 Å². The summed E-state index contributed by atoms with van der Waals surface area (Å²) < 4.78 is 17.7. The van der Waals surface area contributed by atoms with Gasteiger partial charge in [0.05, 0.1) is 0 Å². The molecule has 0 heterocycles. The molecule has 2 unspecified atom stereocenters. The molecule has 104 valence electrons. The van der Waals surface area contributed by atoms with Crippen molar-refractivity contribution >= 4 is 18.0 Å². The summed E-state index contributed by atoms with van der Waals surface area (Å²) in [5.41, 5.74) is 0.624. The van der Waals surface area contributed by atoms with Gasteiger partial charge in [0, 0.05) is 25.4 Å². The van der Waals surface area contributed by atoms with Gasteiger partial charge in [0.15, 0.2) is 0 Å². The van der Waals surface area contributed by atoms with Gasteiger partial charge in [-0.1, -0.05) is 6.92 Å². The lowest BCUT2D eigenvalue weighted by Gasteiger charge is -2.31. The molecule has 0 saturated heterocycles. The Bertz CT molecular complexity index is 185. The predicted molar refractivity (Wildman–Crippen MR) is 78.4 cm³/mol. The minimum absolute atomic E-state index is 0.157. The highest BCUT2D eigenvalue weighted by molar-refractivity contribution is 7.17. The van der Waals surface area contributed by atoms with Crippen LogP contribution in [0.2, 0.25) is 6.04 Å². The summed E-state index contributed by atoms with van der Waals surface area (Å²) in [4.78, 5) is 0. The van der Waals surface area contributed by atoms with E-state index in [0.29, 0.717) is 18.9 Å². The van der Waals surface area contributed by atoms with Crippen molar-refractivity contribution in [3.63, 3.8) is 0 Å². The Hall–Kier alpha value is 0.527. The maximum Gasteiger partial charge on any atom is 0.501 e. The molecule has 0 aromatic carbocycles. The largest absolute Gasteiger partial charge is 0.501 e. The van der Waals surface area contributed by atoms with Crippen molar-refractivity contribution in [2.45, 2.75) is 65.3 Å². The lowest BCUT2D eigenvalue weighted by molar-refractivity contribution is 0.0438. The van der Waals surface area contributed by atoms with Gasteiger partial charge in [-0.25, -0.2) is 0 Å². The first kappa shape index (κ1) is 17.5. The fourth-order valence-corrected chi connectivity index (χ4v) is 5.13. The number of hydrogen-bond donors (Lipinski definition) is 0. The molecule has 0 bridgehead atoms. The minimum atomic E-state index is -2.45. The monoisotopic (exact) mass is 280 g/mol. The summed E-state index contributed by atoms with van der Waals surface area (Å²) in [5.74, 6) is 0. The fraction of sp³-hybridized carbons (Fsp3) is 1.00. The molecule has 0 N–H and O–H groups in total. The SMILES string of the molecule is CCO[Si](CCC(P)CC)(OCC)OC(C)C. The Kier molecular flexibility index (Phi) is 9.75. The molecule has 0 saturated carbocycles. The van der Waals surface area contributed by atoms with E-state index in [1.54, 1.807) is 0 Å². The van der Waals surface area contributed by atoms with Gasteiger partial charge in [0.2, 0.25) is 0 Å². The first-order valence-corrected chi connectivity index (χ1v) is 9.30. The van der Waals surface area contributed by atoms with Crippen molar-refractivity contribution in [2.75, 3.05) is 13.2 Å². The van der Waals surface area contributed by atoms with Gasteiger partial charge < -0.3 is 13.3 Å². The normalized spacial score (nSPS) is 14.3. The molecule has 17 heavy (non-hydrogen) atoms. The van der Waals surface area contributed by atoms with E-state index in [1.807, 2.05) is 27.7 Å². The third kappa shape index (κ3) is 7.53. The first-order chi connectivity index (χ1) is 7.99. The Morgan fingerprint density at radius 1 is 1.06 bits per heavy atom. The van der Waals surface area contributed by atoms with E-state index >= 15 is 0 Å². The lowest BCUT2D eigenvalue weighted by Crippen LogP contribution is -2.47. The molecule has 0 amide bonds. The molecule has 0 aromatic heterocycles. The van der Waals surface area contributed by atoms with Crippen LogP contribution in [0.1, 0.15) is 47.5 Å².